The van der Waals surface area contributed by atoms with Gasteiger partial charge in [-0.05, 0) is 0 Å². The van der Waals surface area contributed by atoms with Crippen LogP contribution in [-0.4, -0.2) is 137 Å². The molecule has 15 nitrogen and oxygen atoms in total. The number of hydrogen-bond acceptors (Lipinski definition) is 13. The van der Waals surface area contributed by atoms with E-state index >= 15 is 0 Å². The molecule has 0 aromatic rings. The smallest absolute Gasteiger partial charge is 0.246 e. The van der Waals surface area contributed by atoms with Crippen LogP contribution in [0.2, 0.25) is 0 Å². The van der Waals surface area contributed by atoms with E-state index in [1.807, 2.05) is 0 Å². The Bertz CT molecular complexity index is 641. The third kappa shape index (κ3) is 7.00. The Kier molecular flexibility index (Phi) is 10.8. The fourth-order valence-corrected chi connectivity index (χ4v) is 3.52. The molecule has 2 rings (SSSR count). The highest BCUT2D eigenvalue weighted by Crippen LogP contribution is 2.29. The molecule has 15 heteroatoms. The summed E-state index contributed by atoms with van der Waals surface area (Å²) >= 11 is 0. The molecule has 2 fully saturated rings. The van der Waals surface area contributed by atoms with Gasteiger partial charge < -0.3 is 66.0 Å². The maximum Gasteiger partial charge on any atom is 0.246 e. The zero-order valence-electron chi connectivity index (χ0n) is 18.0. The SMILES string of the molecule is CC(=O)NC1C(OCC(=O)NCCN)OC(CO)C(OC2OC(CO)C(O)C(O)C2O)C1O. The van der Waals surface area contributed by atoms with Crippen LogP contribution >= 0.6 is 0 Å². The zero-order valence-corrected chi connectivity index (χ0v) is 18.0. The van der Waals surface area contributed by atoms with Crippen LogP contribution in [0.3, 0.4) is 0 Å². The van der Waals surface area contributed by atoms with Gasteiger partial charge in [0.1, 0.15) is 55.4 Å². The van der Waals surface area contributed by atoms with Crippen molar-refractivity contribution in [2.75, 3.05) is 32.9 Å². The molecule has 0 aromatic carbocycles. The minimum atomic E-state index is -1.77. The Morgan fingerprint density at radius 3 is 2.15 bits per heavy atom. The maximum absolute atomic E-state index is 11.8. The summed E-state index contributed by atoms with van der Waals surface area (Å²) in [5, 5.41) is 64.9. The predicted molar refractivity (Wildman–Crippen MR) is 106 cm³/mol. The quantitative estimate of drug-likeness (QED) is 0.141. The number of rotatable bonds is 10. The monoisotopic (exact) mass is 483 g/mol. The fourth-order valence-electron chi connectivity index (χ4n) is 3.52. The second kappa shape index (κ2) is 12.8. The summed E-state index contributed by atoms with van der Waals surface area (Å²) < 4.78 is 21.8. The summed E-state index contributed by atoms with van der Waals surface area (Å²) in [6.07, 6.45) is -13.7. The van der Waals surface area contributed by atoms with E-state index < -0.39 is 93.0 Å². The van der Waals surface area contributed by atoms with E-state index in [2.05, 4.69) is 10.6 Å². The largest absolute Gasteiger partial charge is 0.394 e. The van der Waals surface area contributed by atoms with E-state index in [1.54, 1.807) is 0 Å². The number of nitrogens with one attached hydrogen (secondary N) is 2. The van der Waals surface area contributed by atoms with Gasteiger partial charge in [0, 0.05) is 20.0 Å². The number of carbonyl (C=O) groups excluding carboxylic acids is 2. The van der Waals surface area contributed by atoms with Crippen LogP contribution in [0.25, 0.3) is 0 Å². The van der Waals surface area contributed by atoms with Crippen molar-refractivity contribution in [1.82, 2.24) is 10.6 Å². The van der Waals surface area contributed by atoms with Gasteiger partial charge in [-0.1, -0.05) is 0 Å². The highest BCUT2D eigenvalue weighted by molar-refractivity contribution is 5.77. The van der Waals surface area contributed by atoms with E-state index in [4.69, 9.17) is 24.7 Å². The Hall–Kier alpha value is -1.50. The average molecular weight is 483 g/mol. The zero-order chi connectivity index (χ0) is 24.7. The van der Waals surface area contributed by atoms with Gasteiger partial charge in [-0.3, -0.25) is 9.59 Å². The molecule has 10 atom stereocenters. The van der Waals surface area contributed by atoms with Crippen LogP contribution in [-0.2, 0) is 28.5 Å². The summed E-state index contributed by atoms with van der Waals surface area (Å²) in [7, 11) is 0. The van der Waals surface area contributed by atoms with E-state index in [0.717, 1.165) is 0 Å². The second-order valence-electron chi connectivity index (χ2n) is 7.69. The van der Waals surface area contributed by atoms with Crippen molar-refractivity contribution in [3.8, 4) is 0 Å². The van der Waals surface area contributed by atoms with Crippen LogP contribution < -0.4 is 16.4 Å². The fraction of sp³-hybridized carbons (Fsp3) is 0.889. The molecule has 2 heterocycles. The minimum absolute atomic E-state index is 0.208. The Morgan fingerprint density at radius 1 is 0.939 bits per heavy atom. The Morgan fingerprint density at radius 2 is 1.58 bits per heavy atom. The van der Waals surface area contributed by atoms with E-state index in [1.165, 1.54) is 6.92 Å². The van der Waals surface area contributed by atoms with Crippen LogP contribution in [0.4, 0.5) is 0 Å². The first-order valence-corrected chi connectivity index (χ1v) is 10.4. The molecule has 10 N–H and O–H groups in total. The number of amides is 2. The van der Waals surface area contributed by atoms with Crippen molar-refractivity contribution in [3.05, 3.63) is 0 Å². The Labute approximate surface area is 189 Å². The van der Waals surface area contributed by atoms with Crippen LogP contribution in [0.5, 0.6) is 0 Å². The van der Waals surface area contributed by atoms with Crippen LogP contribution in [0, 0.1) is 0 Å². The molecule has 2 aliphatic heterocycles. The van der Waals surface area contributed by atoms with Crippen molar-refractivity contribution in [3.63, 3.8) is 0 Å². The van der Waals surface area contributed by atoms with Gasteiger partial charge in [0.25, 0.3) is 0 Å². The average Bonchev–Trinajstić information content (AvgIpc) is 2.79. The molecule has 2 amide bonds. The molecule has 0 spiro atoms. The highest BCUT2D eigenvalue weighted by atomic mass is 16.7. The summed E-state index contributed by atoms with van der Waals surface area (Å²) in [4.78, 5) is 23.5. The molecule has 33 heavy (non-hydrogen) atoms. The van der Waals surface area contributed by atoms with Gasteiger partial charge in [-0.25, -0.2) is 0 Å². The van der Waals surface area contributed by atoms with Crippen molar-refractivity contribution in [2.45, 2.75) is 68.3 Å². The highest BCUT2D eigenvalue weighted by Gasteiger charge is 2.51. The molecule has 0 aromatic heterocycles. The summed E-state index contributed by atoms with van der Waals surface area (Å²) in [6.45, 7) is -0.310. The molecular formula is C18H33N3O12. The molecule has 0 saturated carbocycles. The number of carbonyl (C=O) groups is 2. The lowest BCUT2D eigenvalue weighted by molar-refractivity contribution is -0.347. The molecule has 10 unspecified atom stereocenters. The molecule has 2 aliphatic rings. The number of ether oxygens (including phenoxy) is 4. The van der Waals surface area contributed by atoms with Gasteiger partial charge in [0.15, 0.2) is 12.6 Å². The lowest BCUT2D eigenvalue weighted by Crippen LogP contribution is -2.67. The first-order valence-electron chi connectivity index (χ1n) is 10.4. The Balaban J connectivity index is 2.15. The number of aliphatic hydroxyl groups excluding tert-OH is 6. The van der Waals surface area contributed by atoms with Crippen molar-refractivity contribution in [1.29, 1.82) is 0 Å². The normalized spacial score (nSPS) is 39.2. The van der Waals surface area contributed by atoms with Crippen molar-refractivity contribution < 1.29 is 59.2 Å². The summed E-state index contributed by atoms with van der Waals surface area (Å²) in [5.41, 5.74) is 5.31. The van der Waals surface area contributed by atoms with Crippen molar-refractivity contribution in [2.24, 2.45) is 5.73 Å². The molecule has 192 valence electrons. The molecule has 0 bridgehead atoms. The maximum atomic E-state index is 11.8. The lowest BCUT2D eigenvalue weighted by atomic mass is 9.95. The number of hydrogen-bond donors (Lipinski definition) is 9. The van der Waals surface area contributed by atoms with Crippen LogP contribution in [0.15, 0.2) is 0 Å². The molecule has 0 radical (unpaired) electrons. The third-order valence-electron chi connectivity index (χ3n) is 5.21. The van der Waals surface area contributed by atoms with Gasteiger partial charge in [0.05, 0.1) is 13.2 Å². The summed E-state index contributed by atoms with van der Waals surface area (Å²) in [6, 6.07) is -1.26. The molecule has 2 saturated heterocycles. The molecule has 0 aliphatic carbocycles. The van der Waals surface area contributed by atoms with E-state index in [9.17, 15) is 40.2 Å². The van der Waals surface area contributed by atoms with Gasteiger partial charge in [-0.2, -0.15) is 0 Å². The third-order valence-corrected chi connectivity index (χ3v) is 5.21. The predicted octanol–water partition coefficient (Wildman–Crippen LogP) is -6.15. The standard InChI is InChI=1S/C18H33N3O12/c1-7(24)21-11-13(27)16(33-18-15(29)14(28)12(26)8(4-22)31-18)9(5-23)32-17(11)30-6-10(25)20-3-2-19/h8-9,11-18,22-23,26-29H,2-6,19H2,1H3,(H,20,25)(H,21,24). The van der Waals surface area contributed by atoms with Gasteiger partial charge >= 0.3 is 0 Å². The topological polar surface area (TPSA) is 243 Å². The van der Waals surface area contributed by atoms with Crippen molar-refractivity contribution >= 4 is 11.8 Å². The van der Waals surface area contributed by atoms with E-state index in [-0.39, 0.29) is 13.1 Å². The molecular weight excluding hydrogens is 450 g/mol. The summed E-state index contributed by atoms with van der Waals surface area (Å²) in [5.74, 6) is -1.10. The second-order valence-corrected chi connectivity index (χ2v) is 7.69. The number of aliphatic hydroxyl groups is 6. The van der Waals surface area contributed by atoms with E-state index in [0.29, 0.717) is 0 Å². The lowest BCUT2D eigenvalue weighted by Gasteiger charge is -2.47. The first-order chi connectivity index (χ1) is 15.6. The van der Waals surface area contributed by atoms with Crippen LogP contribution in [0.1, 0.15) is 6.92 Å². The number of nitrogens with two attached hydrogens (primary N) is 1. The van der Waals surface area contributed by atoms with Gasteiger partial charge in [-0.15, -0.1) is 0 Å². The minimum Gasteiger partial charge on any atom is -0.394 e. The first kappa shape index (κ1) is 27.7. The van der Waals surface area contributed by atoms with Gasteiger partial charge in [0.2, 0.25) is 11.8 Å².